The zero-order chi connectivity index (χ0) is 11.6. The molecule has 0 spiro atoms. The van der Waals surface area contributed by atoms with Crippen LogP contribution in [0.3, 0.4) is 0 Å². The molecule has 0 aliphatic heterocycles. The predicted molar refractivity (Wildman–Crippen MR) is 61.1 cm³/mol. The van der Waals surface area contributed by atoms with Crippen molar-refractivity contribution in [2.45, 2.75) is 25.1 Å². The van der Waals surface area contributed by atoms with Crippen LogP contribution in [0, 0.1) is 16.0 Å². The van der Waals surface area contributed by atoms with Crippen LogP contribution in [0.2, 0.25) is 0 Å². The number of imidazole rings is 1. The van der Waals surface area contributed by atoms with Gasteiger partial charge in [0.2, 0.25) is 6.33 Å². The first-order valence-electron chi connectivity index (χ1n) is 4.72. The van der Waals surface area contributed by atoms with Crippen LogP contribution >= 0.6 is 15.9 Å². The molecule has 0 aliphatic carbocycles. The highest BCUT2D eigenvalue weighted by atomic mass is 79.9. The number of rotatable bonds is 4. The lowest BCUT2D eigenvalue weighted by Crippen LogP contribution is -2.13. The maximum atomic E-state index is 10.7. The van der Waals surface area contributed by atoms with Gasteiger partial charge in [0, 0.05) is 18.3 Å². The molecule has 6 heteroatoms. The van der Waals surface area contributed by atoms with Crippen LogP contribution in [0.25, 0.3) is 0 Å². The van der Waals surface area contributed by atoms with E-state index >= 15 is 0 Å². The largest absolute Gasteiger partial charge is 0.384 e. The highest BCUT2D eigenvalue weighted by Crippen LogP contribution is 2.23. The minimum atomic E-state index is -0.435. The summed E-state index contributed by atoms with van der Waals surface area (Å²) in [5.74, 6) is 0.391. The number of aromatic nitrogens is 2. The maximum Gasteiger partial charge on any atom is 0.384 e. The Kier molecular flexibility index (Phi) is 3.84. The van der Waals surface area contributed by atoms with Gasteiger partial charge in [-0.3, -0.25) is 0 Å². The van der Waals surface area contributed by atoms with Gasteiger partial charge in [0.1, 0.15) is 5.69 Å². The molecule has 84 valence electrons. The molecule has 1 atom stereocenters. The number of aryl methyl sites for hydroxylation is 1. The van der Waals surface area contributed by atoms with Gasteiger partial charge in [-0.2, -0.15) is 0 Å². The van der Waals surface area contributed by atoms with E-state index in [1.807, 2.05) is 0 Å². The van der Waals surface area contributed by atoms with E-state index < -0.39 is 4.92 Å². The average molecular weight is 276 g/mol. The monoisotopic (exact) mass is 275 g/mol. The molecule has 0 saturated carbocycles. The fourth-order valence-corrected chi connectivity index (χ4v) is 1.56. The summed E-state index contributed by atoms with van der Waals surface area (Å²) in [6.07, 6.45) is 2.10. The van der Waals surface area contributed by atoms with Crippen LogP contribution in [-0.4, -0.2) is 19.3 Å². The summed E-state index contributed by atoms with van der Waals surface area (Å²) in [7, 11) is 1.77. The summed E-state index contributed by atoms with van der Waals surface area (Å²) in [6, 6.07) is 0. The number of halogens is 1. The van der Waals surface area contributed by atoms with Crippen molar-refractivity contribution in [3.63, 3.8) is 0 Å². The van der Waals surface area contributed by atoms with Gasteiger partial charge in [0.05, 0.1) is 0 Å². The SMILES string of the molecule is CC(C)C(Br)Cc1c([N+](=O)[O-])ncn1C. The van der Waals surface area contributed by atoms with Crippen molar-refractivity contribution in [2.75, 3.05) is 0 Å². The van der Waals surface area contributed by atoms with E-state index in [2.05, 4.69) is 34.8 Å². The molecule has 1 heterocycles. The van der Waals surface area contributed by atoms with Crippen LogP contribution in [0.4, 0.5) is 5.82 Å². The van der Waals surface area contributed by atoms with Gasteiger partial charge < -0.3 is 14.7 Å². The van der Waals surface area contributed by atoms with Gasteiger partial charge in [-0.05, 0) is 15.8 Å². The number of alkyl halides is 1. The Morgan fingerprint density at radius 2 is 2.27 bits per heavy atom. The molecule has 15 heavy (non-hydrogen) atoms. The Morgan fingerprint density at radius 1 is 1.67 bits per heavy atom. The molecular formula is C9H14BrN3O2. The smallest absolute Gasteiger partial charge is 0.358 e. The van der Waals surface area contributed by atoms with Gasteiger partial charge in [0.15, 0.2) is 0 Å². The summed E-state index contributed by atoms with van der Waals surface area (Å²) in [5.41, 5.74) is 0.663. The first kappa shape index (κ1) is 12.2. The van der Waals surface area contributed by atoms with E-state index in [4.69, 9.17) is 0 Å². The predicted octanol–water partition coefficient (Wildman–Crippen LogP) is 2.29. The molecule has 0 amide bonds. The second-order valence-electron chi connectivity index (χ2n) is 3.85. The van der Waals surface area contributed by atoms with Crippen molar-refractivity contribution >= 4 is 21.7 Å². The molecule has 1 aromatic heterocycles. The quantitative estimate of drug-likeness (QED) is 0.481. The van der Waals surface area contributed by atoms with Gasteiger partial charge in [-0.15, -0.1) is 0 Å². The third-order valence-electron chi connectivity index (χ3n) is 2.32. The Labute approximate surface area is 96.8 Å². The molecule has 0 saturated heterocycles. The molecule has 1 aromatic rings. The molecule has 0 bridgehead atoms. The van der Waals surface area contributed by atoms with E-state index in [-0.39, 0.29) is 10.6 Å². The Hall–Kier alpha value is -0.910. The lowest BCUT2D eigenvalue weighted by molar-refractivity contribution is -0.390. The molecular weight excluding hydrogens is 262 g/mol. The summed E-state index contributed by atoms with van der Waals surface area (Å²) in [4.78, 5) is 14.3. The van der Waals surface area contributed by atoms with Crippen LogP contribution in [-0.2, 0) is 13.5 Å². The summed E-state index contributed by atoms with van der Waals surface area (Å²) >= 11 is 3.52. The van der Waals surface area contributed by atoms with Crippen molar-refractivity contribution < 1.29 is 4.92 Å². The average Bonchev–Trinajstić information content (AvgIpc) is 2.48. The van der Waals surface area contributed by atoms with Gasteiger partial charge in [0.25, 0.3) is 0 Å². The summed E-state index contributed by atoms with van der Waals surface area (Å²) in [5, 5.41) is 10.7. The summed E-state index contributed by atoms with van der Waals surface area (Å²) < 4.78 is 1.70. The first-order chi connectivity index (χ1) is 6.93. The van der Waals surface area contributed by atoms with Gasteiger partial charge >= 0.3 is 5.82 Å². The molecule has 5 nitrogen and oxygen atoms in total. The number of hydrogen-bond acceptors (Lipinski definition) is 3. The van der Waals surface area contributed by atoms with Crippen molar-refractivity contribution in [2.24, 2.45) is 13.0 Å². The normalized spacial score (nSPS) is 13.1. The van der Waals surface area contributed by atoms with Crippen molar-refractivity contribution in [1.82, 2.24) is 9.55 Å². The number of nitro groups is 1. The van der Waals surface area contributed by atoms with Crippen LogP contribution in [0.15, 0.2) is 6.33 Å². The number of hydrogen-bond donors (Lipinski definition) is 0. The van der Waals surface area contributed by atoms with Crippen LogP contribution in [0.1, 0.15) is 19.5 Å². The van der Waals surface area contributed by atoms with Gasteiger partial charge in [-0.25, -0.2) is 0 Å². The van der Waals surface area contributed by atoms with Crippen molar-refractivity contribution in [1.29, 1.82) is 0 Å². The van der Waals surface area contributed by atoms with Gasteiger partial charge in [-0.1, -0.05) is 29.8 Å². The Morgan fingerprint density at radius 3 is 2.73 bits per heavy atom. The van der Waals surface area contributed by atoms with Crippen LogP contribution in [0.5, 0.6) is 0 Å². The molecule has 1 rings (SSSR count). The molecule has 0 radical (unpaired) electrons. The Bertz CT molecular complexity index is 362. The molecule has 0 N–H and O–H groups in total. The standard InChI is InChI=1S/C9H14BrN3O2/c1-6(2)7(10)4-8-9(13(14)15)11-5-12(8)3/h5-7H,4H2,1-3H3. The zero-order valence-corrected chi connectivity index (χ0v) is 10.6. The lowest BCUT2D eigenvalue weighted by atomic mass is 10.1. The molecule has 0 aliphatic rings. The minimum absolute atomic E-state index is 0.0393. The first-order valence-corrected chi connectivity index (χ1v) is 5.63. The van der Waals surface area contributed by atoms with Crippen LogP contribution < -0.4 is 0 Å². The second kappa shape index (κ2) is 4.74. The highest BCUT2D eigenvalue weighted by molar-refractivity contribution is 9.09. The van der Waals surface area contributed by atoms with Crippen molar-refractivity contribution in [3.05, 3.63) is 22.1 Å². The lowest BCUT2D eigenvalue weighted by Gasteiger charge is -2.12. The van der Waals surface area contributed by atoms with E-state index in [1.54, 1.807) is 11.6 Å². The molecule has 0 aromatic carbocycles. The number of nitrogens with zero attached hydrogens (tertiary/aromatic N) is 3. The maximum absolute atomic E-state index is 10.7. The third-order valence-corrected chi connectivity index (χ3v) is 3.70. The zero-order valence-electron chi connectivity index (χ0n) is 8.98. The van der Waals surface area contributed by atoms with E-state index in [1.165, 1.54) is 6.33 Å². The van der Waals surface area contributed by atoms with E-state index in [0.29, 0.717) is 18.0 Å². The topological polar surface area (TPSA) is 61.0 Å². The fraction of sp³-hybridized carbons (Fsp3) is 0.667. The van der Waals surface area contributed by atoms with Crippen molar-refractivity contribution in [3.8, 4) is 0 Å². The summed E-state index contributed by atoms with van der Waals surface area (Å²) in [6.45, 7) is 4.14. The van der Waals surface area contributed by atoms with E-state index in [0.717, 1.165) is 0 Å². The van der Waals surface area contributed by atoms with E-state index in [9.17, 15) is 10.1 Å². The minimum Gasteiger partial charge on any atom is -0.358 e. The molecule has 0 fully saturated rings. The second-order valence-corrected chi connectivity index (χ2v) is 5.02. The Balaban J connectivity index is 2.92. The molecule has 1 unspecified atom stereocenters. The highest BCUT2D eigenvalue weighted by Gasteiger charge is 2.23. The fourth-order valence-electron chi connectivity index (χ4n) is 1.25. The third kappa shape index (κ3) is 2.77.